The van der Waals surface area contributed by atoms with Gasteiger partial charge in [0.2, 0.25) is 0 Å². The van der Waals surface area contributed by atoms with Crippen LogP contribution in [0.25, 0.3) is 0 Å². The van der Waals surface area contributed by atoms with Crippen LogP contribution in [-0.2, 0) is 4.79 Å². The van der Waals surface area contributed by atoms with Gasteiger partial charge in [0.05, 0.1) is 5.57 Å². The largest absolute Gasteiger partial charge is 0.478 e. The predicted octanol–water partition coefficient (Wildman–Crippen LogP) is 4.39. The lowest BCUT2D eigenvalue weighted by atomic mass is 10.1. The lowest BCUT2D eigenvalue weighted by molar-refractivity contribution is -0.132. The Bertz CT molecular complexity index is 421. The van der Waals surface area contributed by atoms with Crippen LogP contribution in [0.3, 0.4) is 0 Å². The van der Waals surface area contributed by atoms with Crippen molar-refractivity contribution in [2.24, 2.45) is 0 Å². The first kappa shape index (κ1) is 15.3. The van der Waals surface area contributed by atoms with Crippen molar-refractivity contribution in [3.05, 3.63) is 41.7 Å². The van der Waals surface area contributed by atoms with E-state index in [1.807, 2.05) is 30.3 Å². The molecule has 0 amide bonds. The normalized spacial score (nSPS) is 11.9. The molecule has 0 radical (unpaired) electrons. The Morgan fingerprint density at radius 3 is 2.42 bits per heavy atom. The second-order valence-corrected chi connectivity index (χ2v) is 4.58. The van der Waals surface area contributed by atoms with E-state index in [0.717, 1.165) is 19.3 Å². The Hall–Kier alpha value is -1.77. The SMILES string of the molecule is CCCCCC/C(Oc1ccccc1)=C(\C)C(=O)O. The van der Waals surface area contributed by atoms with Crippen LogP contribution in [0.2, 0.25) is 0 Å². The van der Waals surface area contributed by atoms with Gasteiger partial charge >= 0.3 is 5.97 Å². The van der Waals surface area contributed by atoms with E-state index in [0.29, 0.717) is 23.5 Å². The molecular formula is C16H22O3. The fraction of sp³-hybridized carbons (Fsp3) is 0.438. The van der Waals surface area contributed by atoms with E-state index in [1.165, 1.54) is 6.42 Å². The van der Waals surface area contributed by atoms with Gasteiger partial charge in [-0.2, -0.15) is 0 Å². The Morgan fingerprint density at radius 1 is 1.16 bits per heavy atom. The molecule has 3 nitrogen and oxygen atoms in total. The summed E-state index contributed by atoms with van der Waals surface area (Å²) in [5.41, 5.74) is 0.292. The average molecular weight is 262 g/mol. The second-order valence-electron chi connectivity index (χ2n) is 4.58. The molecule has 19 heavy (non-hydrogen) atoms. The lowest BCUT2D eigenvalue weighted by Gasteiger charge is -2.12. The molecule has 3 heteroatoms. The van der Waals surface area contributed by atoms with Crippen molar-refractivity contribution < 1.29 is 14.6 Å². The number of ether oxygens (including phenoxy) is 1. The number of carboxylic acids is 1. The minimum absolute atomic E-state index is 0.292. The van der Waals surface area contributed by atoms with Gasteiger partial charge in [-0.15, -0.1) is 0 Å². The van der Waals surface area contributed by atoms with Gasteiger partial charge in [0.1, 0.15) is 11.5 Å². The molecule has 0 saturated heterocycles. The summed E-state index contributed by atoms with van der Waals surface area (Å²) in [4.78, 5) is 11.1. The summed E-state index contributed by atoms with van der Waals surface area (Å²) < 4.78 is 5.72. The lowest BCUT2D eigenvalue weighted by Crippen LogP contribution is -2.06. The zero-order valence-corrected chi connectivity index (χ0v) is 11.7. The van der Waals surface area contributed by atoms with Gasteiger partial charge in [0.15, 0.2) is 0 Å². The molecule has 0 aliphatic carbocycles. The molecule has 0 saturated carbocycles. The summed E-state index contributed by atoms with van der Waals surface area (Å²) >= 11 is 0. The first-order valence-corrected chi connectivity index (χ1v) is 6.81. The summed E-state index contributed by atoms with van der Waals surface area (Å²) in [6.45, 7) is 3.75. The van der Waals surface area contributed by atoms with Crippen molar-refractivity contribution in [2.75, 3.05) is 0 Å². The minimum atomic E-state index is -0.915. The van der Waals surface area contributed by atoms with Crippen molar-refractivity contribution in [1.82, 2.24) is 0 Å². The van der Waals surface area contributed by atoms with Crippen LogP contribution in [0.15, 0.2) is 41.7 Å². The molecule has 0 fully saturated rings. The van der Waals surface area contributed by atoms with Gasteiger partial charge in [0.25, 0.3) is 0 Å². The molecule has 0 spiro atoms. The van der Waals surface area contributed by atoms with Gasteiger partial charge in [-0.25, -0.2) is 4.79 Å². The highest BCUT2D eigenvalue weighted by molar-refractivity contribution is 5.86. The van der Waals surface area contributed by atoms with Crippen LogP contribution >= 0.6 is 0 Å². The highest BCUT2D eigenvalue weighted by Gasteiger charge is 2.11. The highest BCUT2D eigenvalue weighted by atomic mass is 16.5. The molecule has 0 bridgehead atoms. The van der Waals surface area contributed by atoms with Gasteiger partial charge in [-0.05, 0) is 25.5 Å². The number of carbonyl (C=O) groups is 1. The number of rotatable bonds is 8. The maximum absolute atomic E-state index is 11.1. The number of benzene rings is 1. The molecule has 0 heterocycles. The average Bonchev–Trinajstić information content (AvgIpc) is 2.42. The Labute approximate surface area is 114 Å². The zero-order valence-electron chi connectivity index (χ0n) is 11.7. The van der Waals surface area contributed by atoms with E-state index < -0.39 is 5.97 Å². The summed E-state index contributed by atoms with van der Waals surface area (Å²) in [5.74, 6) is 0.338. The smallest absolute Gasteiger partial charge is 0.334 e. The summed E-state index contributed by atoms with van der Waals surface area (Å²) in [6, 6.07) is 9.32. The van der Waals surface area contributed by atoms with Crippen molar-refractivity contribution in [2.45, 2.75) is 46.0 Å². The minimum Gasteiger partial charge on any atom is -0.478 e. The van der Waals surface area contributed by atoms with Crippen molar-refractivity contribution in [3.8, 4) is 5.75 Å². The summed E-state index contributed by atoms with van der Waals surface area (Å²) in [6.07, 6.45) is 5.07. The third-order valence-corrected chi connectivity index (χ3v) is 2.98. The number of para-hydroxylation sites is 1. The first-order chi connectivity index (χ1) is 9.15. The van der Waals surface area contributed by atoms with Crippen LogP contribution in [-0.4, -0.2) is 11.1 Å². The predicted molar refractivity (Wildman–Crippen MR) is 76.2 cm³/mol. The third kappa shape index (κ3) is 5.60. The molecule has 104 valence electrons. The monoisotopic (exact) mass is 262 g/mol. The molecule has 1 aromatic carbocycles. The van der Waals surface area contributed by atoms with E-state index in [9.17, 15) is 4.79 Å². The Kier molecular flexibility index (Phi) is 6.72. The summed E-state index contributed by atoms with van der Waals surface area (Å²) in [5, 5.41) is 9.10. The molecule has 0 atom stereocenters. The fourth-order valence-electron chi connectivity index (χ4n) is 1.78. The molecule has 0 unspecified atom stereocenters. The van der Waals surface area contributed by atoms with Crippen molar-refractivity contribution >= 4 is 5.97 Å². The summed E-state index contributed by atoms with van der Waals surface area (Å²) in [7, 11) is 0. The standard InChI is InChI=1S/C16H22O3/c1-3-4-5-9-12-15(13(2)16(17)18)19-14-10-7-6-8-11-14/h6-8,10-11H,3-5,9,12H2,1-2H3,(H,17,18)/b15-13-. The van der Waals surface area contributed by atoms with Crippen LogP contribution < -0.4 is 4.74 Å². The Morgan fingerprint density at radius 2 is 1.84 bits per heavy atom. The zero-order chi connectivity index (χ0) is 14.1. The quantitative estimate of drug-likeness (QED) is 0.429. The molecule has 0 aliphatic rings. The molecule has 1 N–H and O–H groups in total. The van der Waals surface area contributed by atoms with E-state index in [2.05, 4.69) is 6.92 Å². The maximum Gasteiger partial charge on any atom is 0.334 e. The second kappa shape index (κ2) is 8.35. The van der Waals surface area contributed by atoms with Gasteiger partial charge in [-0.1, -0.05) is 44.4 Å². The van der Waals surface area contributed by atoms with E-state index >= 15 is 0 Å². The molecular weight excluding hydrogens is 240 g/mol. The van der Waals surface area contributed by atoms with Crippen LogP contribution in [0.4, 0.5) is 0 Å². The molecule has 0 aliphatic heterocycles. The van der Waals surface area contributed by atoms with Gasteiger partial charge in [0, 0.05) is 6.42 Å². The van der Waals surface area contributed by atoms with Crippen molar-refractivity contribution in [1.29, 1.82) is 0 Å². The molecule has 1 aromatic rings. The van der Waals surface area contributed by atoms with Crippen LogP contribution in [0, 0.1) is 0 Å². The van der Waals surface area contributed by atoms with E-state index in [4.69, 9.17) is 9.84 Å². The number of hydrogen-bond acceptors (Lipinski definition) is 2. The number of hydrogen-bond donors (Lipinski definition) is 1. The fourth-order valence-corrected chi connectivity index (χ4v) is 1.78. The topological polar surface area (TPSA) is 46.5 Å². The first-order valence-electron chi connectivity index (χ1n) is 6.81. The Balaban J connectivity index is 2.71. The van der Waals surface area contributed by atoms with Crippen molar-refractivity contribution in [3.63, 3.8) is 0 Å². The number of aliphatic carboxylic acids is 1. The van der Waals surface area contributed by atoms with Gasteiger partial charge in [-0.3, -0.25) is 0 Å². The van der Waals surface area contributed by atoms with E-state index in [-0.39, 0.29) is 0 Å². The van der Waals surface area contributed by atoms with Crippen LogP contribution in [0.5, 0.6) is 5.75 Å². The number of allylic oxidation sites excluding steroid dienone is 1. The third-order valence-electron chi connectivity index (χ3n) is 2.98. The number of unbranched alkanes of at least 4 members (excludes halogenated alkanes) is 3. The molecule has 1 rings (SSSR count). The maximum atomic E-state index is 11.1. The molecule has 0 aromatic heterocycles. The van der Waals surface area contributed by atoms with E-state index in [1.54, 1.807) is 6.92 Å². The van der Waals surface area contributed by atoms with Crippen LogP contribution in [0.1, 0.15) is 46.0 Å². The van der Waals surface area contributed by atoms with Gasteiger partial charge < -0.3 is 9.84 Å². The highest BCUT2D eigenvalue weighted by Crippen LogP contribution is 2.20. The number of carboxylic acid groups (broad SMARTS) is 1.